The summed E-state index contributed by atoms with van der Waals surface area (Å²) in [6.07, 6.45) is 0. The smallest absolute Gasteiger partial charge is 0.326 e. The van der Waals surface area contributed by atoms with E-state index in [2.05, 4.69) is 10.6 Å². The number of amides is 3. The number of benzene rings is 4. The molecule has 4 rings (SSSR count). The van der Waals surface area contributed by atoms with E-state index in [4.69, 9.17) is 32.7 Å². The molecule has 4 aromatic rings. The summed E-state index contributed by atoms with van der Waals surface area (Å²) in [6, 6.07) is 22.0. The quantitative estimate of drug-likeness (QED) is 0.259. The summed E-state index contributed by atoms with van der Waals surface area (Å²) >= 11 is 11.8. The summed E-state index contributed by atoms with van der Waals surface area (Å²) in [6.45, 7) is 0. The van der Waals surface area contributed by atoms with Crippen molar-refractivity contribution in [1.82, 2.24) is 5.32 Å². The van der Waals surface area contributed by atoms with Crippen molar-refractivity contribution >= 4 is 50.7 Å². The van der Waals surface area contributed by atoms with Crippen molar-refractivity contribution in [1.29, 1.82) is 0 Å². The molecular weight excluding hydrogens is 551 g/mol. The van der Waals surface area contributed by atoms with Gasteiger partial charge < -0.3 is 14.8 Å². The highest BCUT2D eigenvalue weighted by Gasteiger charge is 2.18. The molecule has 0 aliphatic carbocycles. The molecule has 0 fully saturated rings. The fraction of sp³-hybridized carbons (Fsp3) is 0.0370. The number of anilines is 1. The van der Waals surface area contributed by atoms with Crippen LogP contribution in [0.25, 0.3) is 0 Å². The monoisotopic (exact) mass is 570 g/mol. The van der Waals surface area contributed by atoms with E-state index in [1.807, 2.05) is 0 Å². The Labute approximate surface area is 229 Å². The van der Waals surface area contributed by atoms with Gasteiger partial charge in [0.05, 0.1) is 27.5 Å². The molecule has 8 nitrogen and oxygen atoms in total. The molecule has 0 spiro atoms. The second-order valence-corrected chi connectivity index (χ2v) is 10.6. The zero-order chi connectivity index (χ0) is 27.3. The maximum atomic E-state index is 12.8. The lowest BCUT2D eigenvalue weighted by molar-refractivity contribution is 0.0967. The summed E-state index contributed by atoms with van der Waals surface area (Å²) in [4.78, 5) is 24.8. The number of sulfone groups is 1. The minimum Gasteiger partial charge on any atom is -0.493 e. The van der Waals surface area contributed by atoms with E-state index in [1.54, 1.807) is 30.3 Å². The van der Waals surface area contributed by atoms with Gasteiger partial charge in [-0.05, 0) is 72.8 Å². The van der Waals surface area contributed by atoms with Gasteiger partial charge in [-0.2, -0.15) is 0 Å². The van der Waals surface area contributed by atoms with Crippen LogP contribution < -0.4 is 20.1 Å². The van der Waals surface area contributed by atoms with Crippen LogP contribution in [-0.2, 0) is 9.84 Å². The fourth-order valence-corrected chi connectivity index (χ4v) is 4.98. The van der Waals surface area contributed by atoms with Crippen LogP contribution in [0.5, 0.6) is 17.2 Å². The minimum absolute atomic E-state index is 0.0936. The Kier molecular flexibility index (Phi) is 8.21. The number of halogens is 2. The lowest BCUT2D eigenvalue weighted by atomic mass is 10.2. The average Bonchev–Trinajstić information content (AvgIpc) is 2.90. The molecule has 0 saturated carbocycles. The maximum absolute atomic E-state index is 12.8. The number of urea groups is 1. The number of imide groups is 1. The van der Waals surface area contributed by atoms with Crippen molar-refractivity contribution in [3.8, 4) is 17.2 Å². The van der Waals surface area contributed by atoms with Crippen molar-refractivity contribution in [2.24, 2.45) is 0 Å². The molecule has 2 N–H and O–H groups in total. The van der Waals surface area contributed by atoms with E-state index in [0.717, 1.165) is 0 Å². The molecule has 0 bridgehead atoms. The largest absolute Gasteiger partial charge is 0.493 e. The topological polar surface area (TPSA) is 111 Å². The van der Waals surface area contributed by atoms with Gasteiger partial charge in [0.25, 0.3) is 5.91 Å². The Morgan fingerprint density at radius 1 is 0.789 bits per heavy atom. The highest BCUT2D eigenvalue weighted by molar-refractivity contribution is 7.91. The van der Waals surface area contributed by atoms with Crippen molar-refractivity contribution in [3.63, 3.8) is 0 Å². The number of ether oxygens (including phenoxy) is 2. The molecule has 11 heteroatoms. The highest BCUT2D eigenvalue weighted by Crippen LogP contribution is 2.34. The number of methoxy groups -OCH3 is 1. The Morgan fingerprint density at radius 3 is 2.05 bits per heavy atom. The average molecular weight is 571 g/mol. The molecule has 0 atom stereocenters. The number of carbonyl (C=O) groups is 2. The molecule has 3 amide bonds. The normalized spacial score (nSPS) is 10.9. The van der Waals surface area contributed by atoms with Crippen LogP contribution >= 0.6 is 23.2 Å². The van der Waals surface area contributed by atoms with Gasteiger partial charge in [-0.3, -0.25) is 10.1 Å². The minimum atomic E-state index is -3.72. The van der Waals surface area contributed by atoms with Gasteiger partial charge in [-0.1, -0.05) is 35.3 Å². The lowest BCUT2D eigenvalue weighted by Crippen LogP contribution is -2.34. The number of hydrogen-bond acceptors (Lipinski definition) is 6. The Morgan fingerprint density at radius 2 is 1.42 bits per heavy atom. The number of nitrogens with one attached hydrogen (secondary N) is 2. The Bertz CT molecular complexity index is 1590. The predicted octanol–water partition coefficient (Wildman–Crippen LogP) is 6.59. The van der Waals surface area contributed by atoms with Crippen LogP contribution in [0.1, 0.15) is 10.4 Å². The zero-order valence-electron chi connectivity index (χ0n) is 19.8. The molecule has 0 radical (unpaired) electrons. The molecule has 4 aromatic carbocycles. The van der Waals surface area contributed by atoms with Crippen molar-refractivity contribution in [2.45, 2.75) is 9.79 Å². The standard InChI is InChI=1S/C27H20Cl2N2O6S/c1-36-25-16-18(30-27(33)31-26(32)22-4-2-3-5-23(22)29)8-15-24(25)37-19-9-13-21(14-10-19)38(34,35)20-11-6-17(28)7-12-20/h2-16H,1H3,(H2,30,31,32,33). The van der Waals surface area contributed by atoms with Gasteiger partial charge in [0.2, 0.25) is 9.84 Å². The first kappa shape index (κ1) is 27.0. The van der Waals surface area contributed by atoms with Crippen LogP contribution in [-0.4, -0.2) is 27.5 Å². The van der Waals surface area contributed by atoms with Crippen LogP contribution in [0.2, 0.25) is 10.0 Å². The van der Waals surface area contributed by atoms with E-state index in [9.17, 15) is 18.0 Å². The molecule has 0 aromatic heterocycles. The molecule has 0 heterocycles. The summed E-state index contributed by atoms with van der Waals surface area (Å²) in [5.41, 5.74) is 0.501. The zero-order valence-corrected chi connectivity index (χ0v) is 22.1. The van der Waals surface area contributed by atoms with E-state index >= 15 is 0 Å². The maximum Gasteiger partial charge on any atom is 0.326 e. The van der Waals surface area contributed by atoms with Crippen molar-refractivity contribution < 1.29 is 27.5 Å². The van der Waals surface area contributed by atoms with Crippen LogP contribution in [0.3, 0.4) is 0 Å². The van der Waals surface area contributed by atoms with E-state index < -0.39 is 21.8 Å². The SMILES string of the molecule is COc1cc(NC(=O)NC(=O)c2ccccc2Cl)ccc1Oc1ccc(S(=O)(=O)c2ccc(Cl)cc2)cc1. The molecule has 0 aliphatic heterocycles. The van der Waals surface area contributed by atoms with Gasteiger partial charge in [0.1, 0.15) is 5.75 Å². The highest BCUT2D eigenvalue weighted by atomic mass is 35.5. The Hall–Kier alpha value is -4.05. The molecule has 0 unspecified atom stereocenters. The molecule has 0 saturated heterocycles. The molecule has 194 valence electrons. The summed E-state index contributed by atoms with van der Waals surface area (Å²) < 4.78 is 36.9. The molecular formula is C27H20Cl2N2O6S. The van der Waals surface area contributed by atoms with Crippen molar-refractivity contribution in [2.75, 3.05) is 12.4 Å². The first-order valence-corrected chi connectivity index (χ1v) is 13.2. The van der Waals surface area contributed by atoms with E-state index in [-0.39, 0.29) is 26.1 Å². The molecule has 38 heavy (non-hydrogen) atoms. The van der Waals surface area contributed by atoms with Gasteiger partial charge in [-0.25, -0.2) is 13.2 Å². The third kappa shape index (κ3) is 6.25. The predicted molar refractivity (Wildman–Crippen MR) is 144 cm³/mol. The third-order valence-electron chi connectivity index (χ3n) is 5.25. The first-order chi connectivity index (χ1) is 18.2. The lowest BCUT2D eigenvalue weighted by Gasteiger charge is -2.13. The van der Waals surface area contributed by atoms with Gasteiger partial charge in [0.15, 0.2) is 11.5 Å². The summed E-state index contributed by atoms with van der Waals surface area (Å²) in [5.74, 6) is 0.320. The third-order valence-corrected chi connectivity index (χ3v) is 7.62. The number of rotatable bonds is 7. The van der Waals surface area contributed by atoms with Gasteiger partial charge >= 0.3 is 6.03 Å². The first-order valence-electron chi connectivity index (χ1n) is 11.0. The Balaban J connectivity index is 1.44. The second-order valence-electron chi connectivity index (χ2n) is 7.78. The van der Waals surface area contributed by atoms with Crippen molar-refractivity contribution in [3.05, 3.63) is 107 Å². The summed E-state index contributed by atoms with van der Waals surface area (Å²) in [7, 11) is -2.30. The van der Waals surface area contributed by atoms with Crippen LogP contribution in [0, 0.1) is 0 Å². The van der Waals surface area contributed by atoms with Crippen LogP contribution in [0.4, 0.5) is 10.5 Å². The molecule has 0 aliphatic rings. The second kappa shape index (κ2) is 11.6. The van der Waals surface area contributed by atoms with E-state index in [0.29, 0.717) is 22.2 Å². The van der Waals surface area contributed by atoms with Crippen LogP contribution in [0.15, 0.2) is 101 Å². The summed E-state index contributed by atoms with van der Waals surface area (Å²) in [5, 5.41) is 5.41. The van der Waals surface area contributed by atoms with Gasteiger partial charge in [0, 0.05) is 16.8 Å². The number of hydrogen-bond donors (Lipinski definition) is 2. The van der Waals surface area contributed by atoms with Gasteiger partial charge in [-0.15, -0.1) is 0 Å². The van der Waals surface area contributed by atoms with E-state index in [1.165, 1.54) is 67.8 Å². The number of carbonyl (C=O) groups excluding carboxylic acids is 2. The fourth-order valence-electron chi connectivity index (χ4n) is 3.37.